The average Bonchev–Trinajstić information content (AvgIpc) is 3.22. The molecule has 0 fully saturated rings. The Hall–Kier alpha value is -1.97. The number of carbonyl (C=O) groups is 1. The number of para-hydroxylation sites is 1. The summed E-state index contributed by atoms with van der Waals surface area (Å²) in [6.45, 7) is 2.28. The van der Waals surface area contributed by atoms with Crippen molar-refractivity contribution in [3.63, 3.8) is 0 Å². The summed E-state index contributed by atoms with van der Waals surface area (Å²) in [6, 6.07) is 7.62. The molecule has 172 valence electrons. The minimum Gasteiger partial charge on any atom is -0.273 e. The van der Waals surface area contributed by atoms with E-state index < -0.39 is 0 Å². The van der Waals surface area contributed by atoms with Crippen molar-refractivity contribution in [2.75, 3.05) is 0 Å². The van der Waals surface area contributed by atoms with Crippen molar-refractivity contribution < 1.29 is 4.79 Å². The van der Waals surface area contributed by atoms with Crippen LogP contribution in [0.25, 0.3) is 11.0 Å². The fourth-order valence-electron chi connectivity index (χ4n) is 4.04. The normalized spacial score (nSPS) is 11.6. The highest BCUT2D eigenvalue weighted by atomic mass is 16.2. The minimum absolute atomic E-state index is 0.0492. The Labute approximate surface area is 189 Å². The molecule has 0 radical (unpaired) electrons. The number of hydrogen-bond donors (Lipinski definition) is 0. The van der Waals surface area contributed by atoms with Crippen molar-refractivity contribution in [1.82, 2.24) is 15.0 Å². The van der Waals surface area contributed by atoms with Gasteiger partial charge in [0.2, 0.25) is 5.91 Å². The van der Waals surface area contributed by atoms with Crippen molar-refractivity contribution in [2.24, 2.45) is 0 Å². The number of hydrogen-bond acceptors (Lipinski definition) is 3. The number of allylic oxidation sites excluding steroid dienone is 2. The Morgan fingerprint density at radius 3 is 1.97 bits per heavy atom. The molecular formula is C27H43N3O. The Kier molecular flexibility index (Phi) is 13.6. The predicted octanol–water partition coefficient (Wildman–Crippen LogP) is 8.28. The van der Waals surface area contributed by atoms with E-state index in [1.807, 2.05) is 24.3 Å². The zero-order chi connectivity index (χ0) is 22.0. The van der Waals surface area contributed by atoms with Crippen molar-refractivity contribution in [3.05, 3.63) is 36.4 Å². The van der Waals surface area contributed by atoms with Crippen molar-refractivity contribution >= 4 is 16.9 Å². The molecule has 31 heavy (non-hydrogen) atoms. The number of nitrogens with zero attached hydrogens (tertiary/aromatic N) is 3. The predicted molar refractivity (Wildman–Crippen MR) is 131 cm³/mol. The highest BCUT2D eigenvalue weighted by Crippen LogP contribution is 2.13. The number of fused-ring (bicyclic) bond motifs is 1. The third-order valence-corrected chi connectivity index (χ3v) is 5.99. The van der Waals surface area contributed by atoms with Crippen LogP contribution in [-0.2, 0) is 0 Å². The second kappa shape index (κ2) is 16.7. The Balaban J connectivity index is 1.37. The number of benzene rings is 1. The van der Waals surface area contributed by atoms with E-state index >= 15 is 0 Å². The van der Waals surface area contributed by atoms with E-state index in [0.717, 1.165) is 23.9 Å². The van der Waals surface area contributed by atoms with Crippen LogP contribution in [0.15, 0.2) is 36.4 Å². The molecule has 1 heterocycles. The minimum atomic E-state index is 0.0492. The summed E-state index contributed by atoms with van der Waals surface area (Å²) in [6.07, 6.45) is 26.1. The molecule has 0 unspecified atom stereocenters. The number of unbranched alkanes of at least 4 members (excludes halogenated alkanes) is 14. The number of rotatable bonds is 18. The molecule has 2 aromatic rings. The van der Waals surface area contributed by atoms with Gasteiger partial charge in [-0.3, -0.25) is 4.79 Å². The third kappa shape index (κ3) is 10.8. The quantitative estimate of drug-likeness (QED) is 0.178. The van der Waals surface area contributed by atoms with Gasteiger partial charge in [0.25, 0.3) is 0 Å². The van der Waals surface area contributed by atoms with Crippen LogP contribution in [0.4, 0.5) is 0 Å². The van der Waals surface area contributed by atoms with Crippen LogP contribution < -0.4 is 0 Å². The third-order valence-electron chi connectivity index (χ3n) is 5.99. The molecule has 0 atom stereocenters. The Morgan fingerprint density at radius 1 is 0.774 bits per heavy atom. The summed E-state index contributed by atoms with van der Waals surface area (Å²) < 4.78 is 1.45. The first-order chi connectivity index (χ1) is 15.3. The molecule has 0 N–H and O–H groups in total. The molecule has 2 rings (SSSR count). The van der Waals surface area contributed by atoms with Crippen LogP contribution in [0, 0.1) is 0 Å². The van der Waals surface area contributed by atoms with E-state index in [0.29, 0.717) is 6.42 Å². The molecule has 4 nitrogen and oxygen atoms in total. The van der Waals surface area contributed by atoms with Crippen molar-refractivity contribution in [2.45, 2.75) is 116 Å². The monoisotopic (exact) mass is 425 g/mol. The van der Waals surface area contributed by atoms with Crippen LogP contribution in [-0.4, -0.2) is 20.9 Å². The SMILES string of the molecule is CCCCCCCCCCC/C=C/CCCCCCCC(=O)n1nnc2ccccc21. The first-order valence-electron chi connectivity index (χ1n) is 12.8. The van der Waals surface area contributed by atoms with Crippen molar-refractivity contribution in [3.8, 4) is 0 Å². The number of carbonyl (C=O) groups excluding carboxylic acids is 1. The van der Waals surface area contributed by atoms with E-state index in [9.17, 15) is 4.79 Å². The Morgan fingerprint density at radius 2 is 1.32 bits per heavy atom. The lowest BCUT2D eigenvalue weighted by molar-refractivity contribution is 0.0886. The molecule has 0 spiro atoms. The van der Waals surface area contributed by atoms with E-state index in [-0.39, 0.29) is 5.91 Å². The molecule has 0 saturated heterocycles. The summed E-state index contributed by atoms with van der Waals surface area (Å²) in [5.41, 5.74) is 1.59. The molecule has 0 bridgehead atoms. The van der Waals surface area contributed by atoms with E-state index in [1.54, 1.807) is 0 Å². The first-order valence-corrected chi connectivity index (χ1v) is 12.8. The maximum Gasteiger partial charge on any atom is 0.248 e. The standard InChI is InChI=1S/C27H43N3O/c1-2-3-4-5-6-7-8-9-10-11-12-13-14-15-16-17-18-19-24-27(31)30-26-23-21-20-22-25(26)28-29-30/h12-13,20-23H,2-11,14-19,24H2,1H3/b13-12+. The van der Waals surface area contributed by atoms with E-state index in [1.165, 1.54) is 94.6 Å². The second-order valence-corrected chi connectivity index (χ2v) is 8.78. The summed E-state index contributed by atoms with van der Waals surface area (Å²) in [5, 5.41) is 8.06. The van der Waals surface area contributed by atoms with Crippen LogP contribution in [0.2, 0.25) is 0 Å². The van der Waals surface area contributed by atoms with Gasteiger partial charge in [-0.1, -0.05) is 107 Å². The molecule has 0 aliphatic carbocycles. The van der Waals surface area contributed by atoms with Gasteiger partial charge in [-0.2, -0.15) is 4.68 Å². The highest BCUT2D eigenvalue weighted by Gasteiger charge is 2.10. The van der Waals surface area contributed by atoms with Crippen LogP contribution >= 0.6 is 0 Å². The summed E-state index contributed by atoms with van der Waals surface area (Å²) in [7, 11) is 0. The maximum atomic E-state index is 12.3. The van der Waals surface area contributed by atoms with Gasteiger partial charge in [0, 0.05) is 6.42 Å². The lowest BCUT2D eigenvalue weighted by Gasteiger charge is -2.02. The molecule has 0 aliphatic heterocycles. The molecule has 0 saturated carbocycles. The van der Waals surface area contributed by atoms with Crippen molar-refractivity contribution in [1.29, 1.82) is 0 Å². The first kappa shape index (κ1) is 25.3. The lowest BCUT2D eigenvalue weighted by atomic mass is 10.1. The molecule has 4 heteroatoms. The van der Waals surface area contributed by atoms with Gasteiger partial charge in [0.1, 0.15) is 5.52 Å². The van der Waals surface area contributed by atoms with Gasteiger partial charge in [0.15, 0.2) is 0 Å². The second-order valence-electron chi connectivity index (χ2n) is 8.78. The zero-order valence-electron chi connectivity index (χ0n) is 19.7. The Bertz CT molecular complexity index is 750. The molecule has 0 aliphatic rings. The van der Waals surface area contributed by atoms with Gasteiger partial charge in [-0.25, -0.2) is 0 Å². The molecule has 0 amide bonds. The van der Waals surface area contributed by atoms with Gasteiger partial charge in [-0.05, 0) is 44.2 Å². The summed E-state index contributed by atoms with van der Waals surface area (Å²) in [5.74, 6) is 0.0492. The summed E-state index contributed by atoms with van der Waals surface area (Å²) in [4.78, 5) is 12.3. The molecule has 1 aromatic heterocycles. The van der Waals surface area contributed by atoms with Gasteiger partial charge < -0.3 is 0 Å². The lowest BCUT2D eigenvalue weighted by Crippen LogP contribution is -2.12. The fourth-order valence-corrected chi connectivity index (χ4v) is 4.04. The highest BCUT2D eigenvalue weighted by molar-refractivity contribution is 5.88. The van der Waals surface area contributed by atoms with Crippen LogP contribution in [0.1, 0.15) is 121 Å². The summed E-state index contributed by atoms with van der Waals surface area (Å²) >= 11 is 0. The largest absolute Gasteiger partial charge is 0.273 e. The van der Waals surface area contributed by atoms with Crippen LogP contribution in [0.3, 0.4) is 0 Å². The average molecular weight is 426 g/mol. The van der Waals surface area contributed by atoms with Gasteiger partial charge >= 0.3 is 0 Å². The topological polar surface area (TPSA) is 47.8 Å². The fraction of sp³-hybridized carbons (Fsp3) is 0.667. The number of aromatic nitrogens is 3. The van der Waals surface area contributed by atoms with Gasteiger partial charge in [0.05, 0.1) is 5.52 Å². The molecule has 1 aromatic carbocycles. The maximum absolute atomic E-state index is 12.3. The molecular weight excluding hydrogens is 382 g/mol. The van der Waals surface area contributed by atoms with E-state index in [2.05, 4.69) is 29.4 Å². The van der Waals surface area contributed by atoms with Crippen LogP contribution in [0.5, 0.6) is 0 Å². The smallest absolute Gasteiger partial charge is 0.248 e. The zero-order valence-corrected chi connectivity index (χ0v) is 19.7. The van der Waals surface area contributed by atoms with E-state index in [4.69, 9.17) is 0 Å². The van der Waals surface area contributed by atoms with Gasteiger partial charge in [-0.15, -0.1) is 5.10 Å².